The lowest BCUT2D eigenvalue weighted by Gasteiger charge is -2.39. The molecule has 1 N–H and O–H groups in total. The molecule has 0 radical (unpaired) electrons. The summed E-state index contributed by atoms with van der Waals surface area (Å²) < 4.78 is 6.92. The van der Waals surface area contributed by atoms with E-state index in [1.807, 2.05) is 51.1 Å². The van der Waals surface area contributed by atoms with E-state index in [4.69, 9.17) is 4.74 Å². The summed E-state index contributed by atoms with van der Waals surface area (Å²) in [5.74, 6) is -1.96. The topological polar surface area (TPSA) is 90.4 Å². The molecule has 0 aliphatic carbocycles. The Morgan fingerprint density at radius 2 is 1.80 bits per heavy atom. The molecule has 3 aliphatic heterocycles. The zero-order chi connectivity index (χ0) is 29.9. The molecule has 1 aromatic carbocycles. The van der Waals surface area contributed by atoms with Crippen molar-refractivity contribution in [1.82, 2.24) is 14.7 Å². The molecule has 3 heterocycles. The Labute approximate surface area is 245 Å². The predicted molar refractivity (Wildman–Crippen MR) is 159 cm³/mol. The monoisotopic (exact) mass is 565 g/mol. The molecule has 3 saturated heterocycles. The second-order valence-electron chi connectivity index (χ2n) is 12.4. The van der Waals surface area contributed by atoms with Crippen LogP contribution in [0.2, 0.25) is 0 Å². The Morgan fingerprint density at radius 1 is 1.12 bits per heavy atom. The molecule has 6 atom stereocenters. The molecular weight excluding hydrogens is 518 g/mol. The lowest BCUT2D eigenvalue weighted by Crippen LogP contribution is -2.58. The standard InChI is InChI=1S/C33H47N3O5/c1-7-17-34(22-25-15-11-9-12-16-25)29(38)26-27-30(39)36(19-13-10-14-20-37)28(31(40)35(18-8-2)23(3)4)33(27)21-24(5)32(26,6)41-33/h7-9,11-12,15-16,23-24,26-28,37H,1-2,10,13-14,17-22H2,3-6H3/t24?,26-,27-,28?,32+,33?/m0/s1. The van der Waals surface area contributed by atoms with E-state index in [0.717, 1.165) is 12.0 Å². The van der Waals surface area contributed by atoms with Crippen molar-refractivity contribution < 1.29 is 24.2 Å². The van der Waals surface area contributed by atoms with E-state index in [9.17, 15) is 19.5 Å². The van der Waals surface area contributed by atoms with Gasteiger partial charge in [-0.3, -0.25) is 14.4 Å². The number of aliphatic hydroxyl groups is 1. The molecule has 1 aromatic rings. The number of hydrogen-bond donors (Lipinski definition) is 1. The van der Waals surface area contributed by atoms with Crippen LogP contribution < -0.4 is 0 Å². The van der Waals surface area contributed by atoms with Crippen LogP contribution in [0.4, 0.5) is 0 Å². The summed E-state index contributed by atoms with van der Waals surface area (Å²) in [5, 5.41) is 9.29. The number of carbonyl (C=O) groups is 3. The highest BCUT2D eigenvalue weighted by molar-refractivity contribution is 5.99. The molecule has 3 fully saturated rings. The number of carbonyl (C=O) groups excluding carboxylic acids is 3. The van der Waals surface area contributed by atoms with E-state index >= 15 is 0 Å². The van der Waals surface area contributed by atoms with Crippen LogP contribution in [0.15, 0.2) is 55.6 Å². The minimum Gasteiger partial charge on any atom is -0.396 e. The lowest BCUT2D eigenvalue weighted by atomic mass is 9.62. The summed E-state index contributed by atoms with van der Waals surface area (Å²) in [6, 6.07) is 8.88. The van der Waals surface area contributed by atoms with Gasteiger partial charge in [-0.25, -0.2) is 0 Å². The van der Waals surface area contributed by atoms with E-state index < -0.39 is 29.1 Å². The Hall–Kier alpha value is -2.97. The van der Waals surface area contributed by atoms with Crippen molar-refractivity contribution in [2.75, 3.05) is 26.2 Å². The fraction of sp³-hybridized carbons (Fsp3) is 0.606. The van der Waals surface area contributed by atoms with Crippen molar-refractivity contribution in [1.29, 1.82) is 0 Å². The van der Waals surface area contributed by atoms with Crippen molar-refractivity contribution in [2.24, 2.45) is 17.8 Å². The number of aliphatic hydroxyl groups excluding tert-OH is 1. The van der Waals surface area contributed by atoms with E-state index in [1.54, 1.807) is 26.9 Å². The van der Waals surface area contributed by atoms with Crippen LogP contribution in [0.25, 0.3) is 0 Å². The predicted octanol–water partition coefficient (Wildman–Crippen LogP) is 3.80. The smallest absolute Gasteiger partial charge is 0.248 e. The summed E-state index contributed by atoms with van der Waals surface area (Å²) in [7, 11) is 0. The SMILES string of the molecule is C=CCN(Cc1ccccc1)C(=O)[C@@H]1[C@H]2C(=O)N(CCCCCO)C(C(=O)N(CC=C)C(C)C)C23CC(C)[C@@]1(C)O3. The van der Waals surface area contributed by atoms with Gasteiger partial charge in [-0.05, 0) is 57.9 Å². The largest absolute Gasteiger partial charge is 0.396 e. The van der Waals surface area contributed by atoms with Crippen molar-refractivity contribution >= 4 is 17.7 Å². The molecule has 224 valence electrons. The minimum atomic E-state index is -1.08. The van der Waals surface area contributed by atoms with Crippen LogP contribution in [-0.2, 0) is 25.7 Å². The third kappa shape index (κ3) is 5.37. The first kappa shape index (κ1) is 31.0. The Morgan fingerprint density at radius 3 is 2.41 bits per heavy atom. The molecular formula is C33H47N3O5. The maximum atomic E-state index is 14.5. The highest BCUT2D eigenvalue weighted by Crippen LogP contribution is 2.65. The first-order valence-electron chi connectivity index (χ1n) is 15.0. The highest BCUT2D eigenvalue weighted by Gasteiger charge is 2.80. The quantitative estimate of drug-likeness (QED) is 0.274. The molecule has 0 aromatic heterocycles. The van der Waals surface area contributed by atoms with Gasteiger partial charge in [0, 0.05) is 38.8 Å². The normalized spacial score (nSPS) is 30.0. The number of ether oxygens (including phenoxy) is 1. The second-order valence-corrected chi connectivity index (χ2v) is 12.4. The average molecular weight is 566 g/mol. The molecule has 8 heteroatoms. The van der Waals surface area contributed by atoms with Crippen molar-refractivity contribution in [3.8, 4) is 0 Å². The van der Waals surface area contributed by atoms with Crippen LogP contribution >= 0.6 is 0 Å². The van der Waals surface area contributed by atoms with Crippen molar-refractivity contribution in [3.63, 3.8) is 0 Å². The number of nitrogens with zero attached hydrogens (tertiary/aromatic N) is 3. The molecule has 1 spiro atoms. The third-order valence-corrected chi connectivity index (χ3v) is 9.48. The number of benzene rings is 1. The fourth-order valence-electron chi connectivity index (χ4n) is 7.45. The molecule has 0 saturated carbocycles. The average Bonchev–Trinajstić information content (AvgIpc) is 3.45. The molecule has 8 nitrogen and oxygen atoms in total. The lowest BCUT2D eigenvalue weighted by molar-refractivity contribution is -0.155. The van der Waals surface area contributed by atoms with E-state index in [-0.39, 0.29) is 36.3 Å². The van der Waals surface area contributed by atoms with E-state index in [2.05, 4.69) is 20.1 Å². The van der Waals surface area contributed by atoms with Gasteiger partial charge < -0.3 is 24.5 Å². The minimum absolute atomic E-state index is 0.0284. The highest BCUT2D eigenvalue weighted by atomic mass is 16.5. The van der Waals surface area contributed by atoms with Gasteiger partial charge in [0.05, 0.1) is 17.4 Å². The first-order chi connectivity index (χ1) is 19.6. The van der Waals surface area contributed by atoms with Crippen LogP contribution in [0.5, 0.6) is 0 Å². The summed E-state index contributed by atoms with van der Waals surface area (Å²) in [4.78, 5) is 48.5. The number of amides is 3. The fourth-order valence-corrected chi connectivity index (χ4v) is 7.45. The summed E-state index contributed by atoms with van der Waals surface area (Å²) in [6.07, 6.45) is 5.97. The van der Waals surface area contributed by atoms with Gasteiger partial charge in [-0.15, -0.1) is 13.2 Å². The zero-order valence-electron chi connectivity index (χ0n) is 25.1. The summed E-state index contributed by atoms with van der Waals surface area (Å²) >= 11 is 0. The van der Waals surface area contributed by atoms with E-state index in [0.29, 0.717) is 45.4 Å². The van der Waals surface area contributed by atoms with Crippen LogP contribution in [-0.4, -0.2) is 87.1 Å². The van der Waals surface area contributed by atoms with E-state index in [1.165, 1.54) is 0 Å². The number of unbranched alkanes of at least 4 members (excludes halogenated alkanes) is 2. The summed E-state index contributed by atoms with van der Waals surface area (Å²) in [5.41, 5.74) is -0.968. The molecule has 41 heavy (non-hydrogen) atoms. The van der Waals surface area contributed by atoms with Gasteiger partial charge in [0.25, 0.3) is 0 Å². The van der Waals surface area contributed by atoms with Crippen molar-refractivity contribution in [2.45, 2.75) is 83.2 Å². The second kappa shape index (κ2) is 12.5. The van der Waals surface area contributed by atoms with Crippen LogP contribution in [0.1, 0.15) is 58.9 Å². The Kier molecular flexibility index (Phi) is 9.44. The van der Waals surface area contributed by atoms with Gasteiger partial charge in [0.2, 0.25) is 17.7 Å². The molecule has 3 unspecified atom stereocenters. The van der Waals surface area contributed by atoms with Gasteiger partial charge in [0.15, 0.2) is 0 Å². The number of hydrogen-bond acceptors (Lipinski definition) is 5. The summed E-state index contributed by atoms with van der Waals surface area (Å²) in [6.45, 7) is 17.2. The Bertz CT molecular complexity index is 1140. The molecule has 2 bridgehead atoms. The number of fused-ring (bicyclic) bond motifs is 1. The molecule has 3 amide bonds. The molecule has 3 aliphatic rings. The van der Waals surface area contributed by atoms with Crippen LogP contribution in [0, 0.1) is 17.8 Å². The van der Waals surface area contributed by atoms with Gasteiger partial charge >= 0.3 is 0 Å². The van der Waals surface area contributed by atoms with Crippen LogP contribution in [0.3, 0.4) is 0 Å². The third-order valence-electron chi connectivity index (χ3n) is 9.48. The van der Waals surface area contributed by atoms with Gasteiger partial charge in [-0.2, -0.15) is 0 Å². The first-order valence-corrected chi connectivity index (χ1v) is 15.0. The zero-order valence-corrected chi connectivity index (χ0v) is 25.1. The van der Waals surface area contributed by atoms with Crippen molar-refractivity contribution in [3.05, 3.63) is 61.2 Å². The maximum Gasteiger partial charge on any atom is 0.248 e. The Balaban J connectivity index is 1.76. The number of rotatable bonds is 14. The van der Waals surface area contributed by atoms with Gasteiger partial charge in [0.1, 0.15) is 11.6 Å². The van der Waals surface area contributed by atoms with Gasteiger partial charge in [-0.1, -0.05) is 49.4 Å². The maximum absolute atomic E-state index is 14.5. The number of likely N-dealkylation sites (tertiary alicyclic amines) is 1. The molecule has 4 rings (SSSR count).